The summed E-state index contributed by atoms with van der Waals surface area (Å²) in [5, 5.41) is 10.3. The largest absolute Gasteiger partial charge is 0.342 e. The van der Waals surface area contributed by atoms with E-state index in [1.807, 2.05) is 24.4 Å². The Morgan fingerprint density at radius 1 is 1.11 bits per heavy atom. The van der Waals surface area contributed by atoms with Gasteiger partial charge in [0.2, 0.25) is 0 Å². The average molecular weight is 246 g/mol. The van der Waals surface area contributed by atoms with E-state index in [-0.39, 0.29) is 0 Å². The van der Waals surface area contributed by atoms with Crippen LogP contribution in [0.25, 0.3) is 10.9 Å². The smallest absolute Gasteiger partial charge is 0.101 e. The highest BCUT2D eigenvalue weighted by Gasteiger charge is 2.08. The van der Waals surface area contributed by atoms with Crippen LogP contribution in [-0.2, 0) is 6.54 Å². The van der Waals surface area contributed by atoms with Crippen LogP contribution in [0.5, 0.6) is 0 Å². The van der Waals surface area contributed by atoms with Gasteiger partial charge in [-0.3, -0.25) is 0 Å². The second-order valence-electron chi connectivity index (χ2n) is 4.79. The molecular weight excluding hydrogens is 232 g/mol. The molecule has 0 spiro atoms. The Morgan fingerprint density at radius 3 is 2.63 bits per heavy atom. The van der Waals surface area contributed by atoms with Gasteiger partial charge in [-0.25, -0.2) is 0 Å². The first-order valence-electron chi connectivity index (χ1n) is 6.31. The summed E-state index contributed by atoms with van der Waals surface area (Å²) in [6, 6.07) is 18.8. The monoisotopic (exact) mass is 246 g/mol. The molecule has 0 unspecified atom stereocenters. The van der Waals surface area contributed by atoms with Crippen molar-refractivity contribution in [2.24, 2.45) is 0 Å². The lowest BCUT2D eigenvalue weighted by Gasteiger charge is -2.05. The van der Waals surface area contributed by atoms with Crippen LogP contribution in [0.4, 0.5) is 0 Å². The summed E-state index contributed by atoms with van der Waals surface area (Å²) in [5.41, 5.74) is 4.28. The number of benzene rings is 2. The SMILES string of the molecule is Cc1ccc2c(c1)c(C#N)cn2Cc1ccccc1. The number of aromatic nitrogens is 1. The normalized spacial score (nSPS) is 10.5. The Kier molecular flexibility index (Phi) is 2.81. The van der Waals surface area contributed by atoms with E-state index in [1.54, 1.807) is 0 Å². The van der Waals surface area contributed by atoms with Crippen molar-refractivity contribution >= 4 is 10.9 Å². The van der Waals surface area contributed by atoms with Gasteiger partial charge in [-0.1, -0.05) is 42.0 Å². The van der Waals surface area contributed by atoms with Crippen molar-refractivity contribution in [3.8, 4) is 6.07 Å². The maximum absolute atomic E-state index is 9.24. The Morgan fingerprint density at radius 2 is 1.89 bits per heavy atom. The predicted molar refractivity (Wildman–Crippen MR) is 76.9 cm³/mol. The minimum Gasteiger partial charge on any atom is -0.342 e. The van der Waals surface area contributed by atoms with E-state index in [1.165, 1.54) is 11.1 Å². The molecule has 2 heteroatoms. The fourth-order valence-electron chi connectivity index (χ4n) is 2.41. The van der Waals surface area contributed by atoms with Gasteiger partial charge in [-0.05, 0) is 24.6 Å². The molecule has 0 bridgehead atoms. The molecule has 0 N–H and O–H groups in total. The second-order valence-corrected chi connectivity index (χ2v) is 4.79. The van der Waals surface area contributed by atoms with Crippen LogP contribution in [0.2, 0.25) is 0 Å². The Labute approximate surface area is 112 Å². The quantitative estimate of drug-likeness (QED) is 0.674. The van der Waals surface area contributed by atoms with Gasteiger partial charge in [-0.2, -0.15) is 5.26 Å². The predicted octanol–water partition coefficient (Wildman–Crippen LogP) is 3.87. The lowest BCUT2D eigenvalue weighted by Crippen LogP contribution is -1.97. The highest BCUT2D eigenvalue weighted by molar-refractivity contribution is 5.87. The molecule has 0 saturated heterocycles. The van der Waals surface area contributed by atoms with Gasteiger partial charge in [-0.15, -0.1) is 0 Å². The standard InChI is InChI=1S/C17H14N2/c1-13-7-8-17-16(9-13)15(10-18)12-19(17)11-14-5-3-2-4-6-14/h2-9,12H,11H2,1H3. The molecule has 1 aromatic heterocycles. The topological polar surface area (TPSA) is 28.7 Å². The van der Waals surface area contributed by atoms with E-state index < -0.39 is 0 Å². The zero-order valence-corrected chi connectivity index (χ0v) is 10.8. The van der Waals surface area contributed by atoms with Gasteiger partial charge in [0, 0.05) is 23.6 Å². The first-order valence-corrected chi connectivity index (χ1v) is 6.31. The third-order valence-corrected chi connectivity index (χ3v) is 3.35. The third kappa shape index (κ3) is 2.11. The number of nitrogens with zero attached hydrogens (tertiary/aromatic N) is 2. The van der Waals surface area contributed by atoms with E-state index in [4.69, 9.17) is 0 Å². The maximum Gasteiger partial charge on any atom is 0.101 e. The summed E-state index contributed by atoms with van der Waals surface area (Å²) in [7, 11) is 0. The molecule has 0 aliphatic carbocycles. The molecule has 1 heterocycles. The molecule has 2 nitrogen and oxygen atoms in total. The molecule has 3 rings (SSSR count). The summed E-state index contributed by atoms with van der Waals surface area (Å²) in [6.45, 7) is 2.84. The van der Waals surface area contributed by atoms with Crippen molar-refractivity contribution in [2.75, 3.05) is 0 Å². The van der Waals surface area contributed by atoms with Crippen molar-refractivity contribution in [2.45, 2.75) is 13.5 Å². The van der Waals surface area contributed by atoms with E-state index >= 15 is 0 Å². The fraction of sp³-hybridized carbons (Fsp3) is 0.118. The summed E-state index contributed by atoms with van der Waals surface area (Å²) < 4.78 is 2.14. The molecular formula is C17H14N2. The van der Waals surface area contributed by atoms with Crippen LogP contribution in [0.15, 0.2) is 54.7 Å². The zero-order valence-electron chi connectivity index (χ0n) is 10.8. The molecule has 2 aromatic carbocycles. The van der Waals surface area contributed by atoms with Gasteiger partial charge in [0.05, 0.1) is 5.56 Å². The summed E-state index contributed by atoms with van der Waals surface area (Å²) in [6.07, 6.45) is 1.94. The Hall–Kier alpha value is -2.53. The molecule has 0 amide bonds. The van der Waals surface area contributed by atoms with E-state index in [0.29, 0.717) is 0 Å². The molecule has 0 fully saturated rings. The third-order valence-electron chi connectivity index (χ3n) is 3.35. The minimum atomic E-state index is 0.745. The molecule has 0 radical (unpaired) electrons. The molecule has 0 aliphatic heterocycles. The summed E-state index contributed by atoms with van der Waals surface area (Å²) >= 11 is 0. The van der Waals surface area contributed by atoms with Crippen LogP contribution in [0, 0.1) is 18.3 Å². The van der Waals surface area contributed by atoms with Crippen LogP contribution in [0.3, 0.4) is 0 Å². The van der Waals surface area contributed by atoms with Crippen molar-refractivity contribution in [3.05, 3.63) is 71.4 Å². The number of hydrogen-bond acceptors (Lipinski definition) is 1. The number of aryl methyl sites for hydroxylation is 1. The molecule has 92 valence electrons. The second kappa shape index (κ2) is 4.62. The summed E-state index contributed by atoms with van der Waals surface area (Å²) in [4.78, 5) is 0. The van der Waals surface area contributed by atoms with Crippen molar-refractivity contribution in [1.29, 1.82) is 5.26 Å². The van der Waals surface area contributed by atoms with Gasteiger partial charge in [0.15, 0.2) is 0 Å². The van der Waals surface area contributed by atoms with Gasteiger partial charge >= 0.3 is 0 Å². The summed E-state index contributed by atoms with van der Waals surface area (Å²) in [5.74, 6) is 0. The maximum atomic E-state index is 9.24. The number of nitriles is 1. The molecule has 0 saturated carbocycles. The van der Waals surface area contributed by atoms with E-state index in [2.05, 4.69) is 47.9 Å². The van der Waals surface area contributed by atoms with Crippen molar-refractivity contribution < 1.29 is 0 Å². The van der Waals surface area contributed by atoms with E-state index in [9.17, 15) is 5.26 Å². The molecule has 19 heavy (non-hydrogen) atoms. The zero-order chi connectivity index (χ0) is 13.2. The molecule has 0 atom stereocenters. The Balaban J connectivity index is 2.12. The average Bonchev–Trinajstić information content (AvgIpc) is 2.77. The van der Waals surface area contributed by atoms with Crippen LogP contribution in [-0.4, -0.2) is 4.57 Å². The van der Waals surface area contributed by atoms with Crippen LogP contribution >= 0.6 is 0 Å². The van der Waals surface area contributed by atoms with E-state index in [0.717, 1.165) is 23.0 Å². The van der Waals surface area contributed by atoms with Gasteiger partial charge in [0.1, 0.15) is 6.07 Å². The number of hydrogen-bond donors (Lipinski definition) is 0. The van der Waals surface area contributed by atoms with Crippen molar-refractivity contribution in [1.82, 2.24) is 4.57 Å². The molecule has 3 aromatic rings. The van der Waals surface area contributed by atoms with Crippen LogP contribution in [0.1, 0.15) is 16.7 Å². The number of fused-ring (bicyclic) bond motifs is 1. The highest BCUT2D eigenvalue weighted by atomic mass is 15.0. The minimum absolute atomic E-state index is 0.745. The first kappa shape index (κ1) is 11.6. The lowest BCUT2D eigenvalue weighted by molar-refractivity contribution is 0.836. The van der Waals surface area contributed by atoms with Crippen LogP contribution < -0.4 is 0 Å². The fourth-order valence-corrected chi connectivity index (χ4v) is 2.41. The Bertz CT molecular complexity index is 761. The highest BCUT2D eigenvalue weighted by Crippen LogP contribution is 2.23. The van der Waals surface area contributed by atoms with Gasteiger partial charge < -0.3 is 4.57 Å². The molecule has 0 aliphatic rings. The first-order chi connectivity index (χ1) is 9.28. The lowest BCUT2D eigenvalue weighted by atomic mass is 10.1. The number of rotatable bonds is 2. The van der Waals surface area contributed by atoms with Gasteiger partial charge in [0.25, 0.3) is 0 Å². The van der Waals surface area contributed by atoms with Crippen molar-refractivity contribution in [3.63, 3.8) is 0 Å².